The lowest BCUT2D eigenvalue weighted by Crippen LogP contribution is -2.53. The highest BCUT2D eigenvalue weighted by molar-refractivity contribution is 7.12. The zero-order valence-corrected chi connectivity index (χ0v) is 21.2. The number of carbonyl (C=O) groups excluding carboxylic acids is 3. The van der Waals surface area contributed by atoms with E-state index in [-0.39, 0.29) is 35.9 Å². The number of rotatable bonds is 6. The maximum absolute atomic E-state index is 13.8. The number of esters is 1. The Hall–Kier alpha value is -3.38. The molecule has 2 aliphatic rings. The van der Waals surface area contributed by atoms with Gasteiger partial charge in [0, 0.05) is 45.5 Å². The molecule has 12 heteroatoms. The Bertz CT molecular complexity index is 1190. The summed E-state index contributed by atoms with van der Waals surface area (Å²) in [6.45, 7) is 3.57. The molecule has 1 unspecified atom stereocenters. The Morgan fingerprint density at radius 1 is 1.11 bits per heavy atom. The Labute approximate surface area is 216 Å². The van der Waals surface area contributed by atoms with Crippen molar-refractivity contribution in [2.24, 2.45) is 0 Å². The zero-order valence-electron chi connectivity index (χ0n) is 20.4. The first-order valence-corrected chi connectivity index (χ1v) is 12.7. The van der Waals surface area contributed by atoms with E-state index in [0.29, 0.717) is 31.1 Å². The molecular formula is C25H27F3N4O4S. The summed E-state index contributed by atoms with van der Waals surface area (Å²) in [5.74, 6) is -0.850. The summed E-state index contributed by atoms with van der Waals surface area (Å²) in [4.78, 5) is 44.2. The predicted molar refractivity (Wildman–Crippen MR) is 131 cm³/mol. The van der Waals surface area contributed by atoms with Crippen LogP contribution in [0.5, 0.6) is 0 Å². The lowest BCUT2D eigenvalue weighted by Gasteiger charge is -2.39. The Morgan fingerprint density at radius 2 is 1.81 bits per heavy atom. The first-order chi connectivity index (χ1) is 17.6. The van der Waals surface area contributed by atoms with E-state index in [1.54, 1.807) is 17.9 Å². The van der Waals surface area contributed by atoms with Gasteiger partial charge >= 0.3 is 18.2 Å². The Balaban J connectivity index is 1.65. The van der Waals surface area contributed by atoms with E-state index in [0.717, 1.165) is 6.07 Å². The topological polar surface area (TPSA) is 82.2 Å². The van der Waals surface area contributed by atoms with Crippen LogP contribution in [0.25, 0.3) is 0 Å². The number of hydrogen-bond donors (Lipinski definition) is 1. The molecule has 1 aromatic carbocycles. The highest BCUT2D eigenvalue weighted by atomic mass is 32.1. The normalized spacial score (nSPS) is 19.2. The molecule has 0 radical (unpaired) electrons. The van der Waals surface area contributed by atoms with Gasteiger partial charge in [0.2, 0.25) is 0 Å². The number of amides is 3. The molecule has 0 bridgehead atoms. The molecule has 198 valence electrons. The van der Waals surface area contributed by atoms with Crippen LogP contribution in [0.3, 0.4) is 0 Å². The number of carbonyl (C=O) groups is 3. The second kappa shape index (κ2) is 10.9. The molecule has 3 amide bonds. The highest BCUT2D eigenvalue weighted by Crippen LogP contribution is 2.39. The fourth-order valence-corrected chi connectivity index (χ4v) is 5.21. The van der Waals surface area contributed by atoms with Crippen LogP contribution >= 0.6 is 11.3 Å². The van der Waals surface area contributed by atoms with E-state index < -0.39 is 29.8 Å². The maximum Gasteiger partial charge on any atom is 0.416 e. The molecule has 1 N–H and O–H groups in total. The largest absolute Gasteiger partial charge is 0.463 e. The van der Waals surface area contributed by atoms with Crippen LogP contribution in [0.1, 0.15) is 33.8 Å². The molecular weight excluding hydrogens is 509 g/mol. The quantitative estimate of drug-likeness (QED) is 0.569. The second-order valence-corrected chi connectivity index (χ2v) is 9.60. The third-order valence-corrected chi connectivity index (χ3v) is 7.27. The van der Waals surface area contributed by atoms with Crippen LogP contribution < -0.4 is 5.32 Å². The van der Waals surface area contributed by atoms with Gasteiger partial charge in [0.25, 0.3) is 5.91 Å². The number of likely N-dealkylation sites (N-methyl/N-ethyl adjacent to an activating group) is 1. The van der Waals surface area contributed by atoms with Crippen LogP contribution in [0.15, 0.2) is 53.0 Å². The fraction of sp³-hybridized carbons (Fsp3) is 0.400. The molecule has 2 aromatic rings. The van der Waals surface area contributed by atoms with Gasteiger partial charge in [-0.05, 0) is 30.0 Å². The molecule has 1 atom stereocenters. The zero-order chi connectivity index (χ0) is 26.7. The van der Waals surface area contributed by atoms with Crippen molar-refractivity contribution in [3.63, 3.8) is 0 Å². The molecule has 37 heavy (non-hydrogen) atoms. The van der Waals surface area contributed by atoms with Gasteiger partial charge in [0.15, 0.2) is 0 Å². The summed E-state index contributed by atoms with van der Waals surface area (Å²) >= 11 is 1.37. The van der Waals surface area contributed by atoms with Gasteiger partial charge in [-0.25, -0.2) is 9.59 Å². The van der Waals surface area contributed by atoms with Gasteiger partial charge in [-0.2, -0.15) is 13.2 Å². The number of piperazine rings is 1. The minimum atomic E-state index is -4.68. The van der Waals surface area contributed by atoms with Gasteiger partial charge in [-0.15, -0.1) is 11.3 Å². The summed E-state index contributed by atoms with van der Waals surface area (Å²) in [5, 5.41) is 4.38. The molecule has 3 heterocycles. The molecule has 8 nitrogen and oxygen atoms in total. The Morgan fingerprint density at radius 3 is 2.43 bits per heavy atom. The van der Waals surface area contributed by atoms with Gasteiger partial charge in [0.05, 0.1) is 28.7 Å². The second-order valence-electron chi connectivity index (χ2n) is 8.65. The number of ether oxygens (including phenoxy) is 1. The minimum absolute atomic E-state index is 0.0183. The van der Waals surface area contributed by atoms with Crippen LogP contribution in [0.2, 0.25) is 0 Å². The third kappa shape index (κ3) is 5.64. The number of benzene rings is 1. The fourth-order valence-electron chi connectivity index (χ4n) is 4.52. The minimum Gasteiger partial charge on any atom is -0.463 e. The molecule has 1 aromatic heterocycles. The molecule has 4 rings (SSSR count). The van der Waals surface area contributed by atoms with Gasteiger partial charge in [0.1, 0.15) is 0 Å². The number of nitrogens with zero attached hydrogens (tertiary/aromatic N) is 3. The van der Waals surface area contributed by atoms with Crippen molar-refractivity contribution in [1.29, 1.82) is 0 Å². The Kier molecular flexibility index (Phi) is 7.88. The first kappa shape index (κ1) is 26.7. The van der Waals surface area contributed by atoms with E-state index >= 15 is 0 Å². The van der Waals surface area contributed by atoms with E-state index in [2.05, 4.69) is 5.32 Å². The van der Waals surface area contributed by atoms with Gasteiger partial charge in [-0.1, -0.05) is 24.3 Å². The van der Waals surface area contributed by atoms with Crippen molar-refractivity contribution < 1.29 is 32.3 Å². The highest BCUT2D eigenvalue weighted by Gasteiger charge is 2.42. The average Bonchev–Trinajstić information content (AvgIpc) is 3.41. The van der Waals surface area contributed by atoms with Gasteiger partial charge < -0.3 is 15.0 Å². The summed E-state index contributed by atoms with van der Waals surface area (Å²) < 4.78 is 46.7. The van der Waals surface area contributed by atoms with Gasteiger partial charge in [-0.3, -0.25) is 14.6 Å². The smallest absolute Gasteiger partial charge is 0.416 e. The monoisotopic (exact) mass is 536 g/mol. The van der Waals surface area contributed by atoms with Crippen LogP contribution in [-0.4, -0.2) is 79.0 Å². The molecule has 0 saturated carbocycles. The van der Waals surface area contributed by atoms with Crippen molar-refractivity contribution in [2.45, 2.75) is 19.1 Å². The number of nitrogens with one attached hydrogen (secondary N) is 1. The van der Waals surface area contributed by atoms with Crippen molar-refractivity contribution in [3.8, 4) is 0 Å². The number of urea groups is 1. The summed E-state index contributed by atoms with van der Waals surface area (Å²) in [5.41, 5.74) is -0.949. The molecule has 1 fully saturated rings. The number of halogens is 3. The predicted octanol–water partition coefficient (Wildman–Crippen LogP) is 3.74. The van der Waals surface area contributed by atoms with E-state index in [4.69, 9.17) is 4.74 Å². The SMILES string of the molecule is CCOC(=O)C1=C(CN2CCN(C(=O)c3cccs3)CC2)N(C)C(=O)NC1c1ccccc1C(F)(F)F. The van der Waals surface area contributed by atoms with E-state index in [1.165, 1.54) is 41.5 Å². The lowest BCUT2D eigenvalue weighted by atomic mass is 9.90. The van der Waals surface area contributed by atoms with Crippen LogP contribution in [-0.2, 0) is 15.7 Å². The first-order valence-electron chi connectivity index (χ1n) is 11.8. The molecule has 1 saturated heterocycles. The van der Waals surface area contributed by atoms with Crippen molar-refractivity contribution in [1.82, 2.24) is 20.0 Å². The maximum atomic E-state index is 13.8. The summed E-state index contributed by atoms with van der Waals surface area (Å²) in [6, 6.07) is 6.49. The van der Waals surface area contributed by atoms with E-state index in [1.807, 2.05) is 16.3 Å². The summed E-state index contributed by atoms with van der Waals surface area (Å²) in [6.07, 6.45) is -4.68. The average molecular weight is 537 g/mol. The lowest BCUT2D eigenvalue weighted by molar-refractivity contribution is -0.141. The van der Waals surface area contributed by atoms with Crippen LogP contribution in [0, 0.1) is 0 Å². The molecule has 0 aliphatic carbocycles. The standard InChI is InChI=1S/C25H27F3N4O4S/c1-3-36-23(34)20-18(15-31-10-12-32(13-11-31)22(33)19-9-6-14-37-19)30(2)24(35)29-21(20)16-7-4-5-8-17(16)25(26,27)28/h4-9,14,21H,3,10-13,15H2,1-2H3,(H,29,35). The molecule has 2 aliphatic heterocycles. The van der Waals surface area contributed by atoms with Crippen LogP contribution in [0.4, 0.5) is 18.0 Å². The number of alkyl halides is 3. The van der Waals surface area contributed by atoms with Crippen molar-refractivity contribution >= 4 is 29.2 Å². The van der Waals surface area contributed by atoms with Crippen molar-refractivity contribution in [3.05, 3.63) is 69.1 Å². The number of thiophene rings is 1. The van der Waals surface area contributed by atoms with E-state index in [9.17, 15) is 27.6 Å². The van der Waals surface area contributed by atoms with Crippen molar-refractivity contribution in [2.75, 3.05) is 46.4 Å². The summed E-state index contributed by atoms with van der Waals surface area (Å²) in [7, 11) is 1.46. The third-order valence-electron chi connectivity index (χ3n) is 6.41. The number of hydrogen-bond acceptors (Lipinski definition) is 6. The molecule has 0 spiro atoms.